The third-order valence-corrected chi connectivity index (χ3v) is 8.18. The van der Waals surface area contributed by atoms with Gasteiger partial charge in [-0.3, -0.25) is 19.0 Å². The summed E-state index contributed by atoms with van der Waals surface area (Å²) in [4.78, 5) is 46.3. The van der Waals surface area contributed by atoms with E-state index in [0.717, 1.165) is 11.1 Å². The summed E-state index contributed by atoms with van der Waals surface area (Å²) in [5, 5.41) is 9.76. The van der Waals surface area contributed by atoms with E-state index < -0.39 is 11.8 Å². The molecule has 1 aliphatic heterocycles. The molecule has 2 heterocycles. The highest BCUT2D eigenvalue weighted by atomic mass is 35.5. The number of likely N-dealkylation sites (tertiary alicyclic amines) is 1. The van der Waals surface area contributed by atoms with Crippen molar-refractivity contribution in [1.82, 2.24) is 19.4 Å². The average molecular weight is 568 g/mol. The van der Waals surface area contributed by atoms with Gasteiger partial charge in [-0.2, -0.15) is 5.26 Å². The van der Waals surface area contributed by atoms with Crippen molar-refractivity contribution < 1.29 is 18.4 Å². The minimum absolute atomic E-state index is 0.122. The maximum Gasteiger partial charge on any atom is 0.261 e. The third-order valence-electron chi connectivity index (χ3n) is 7.87. The number of rotatable bonds is 6. The van der Waals surface area contributed by atoms with Crippen molar-refractivity contribution >= 4 is 34.3 Å². The van der Waals surface area contributed by atoms with Gasteiger partial charge in [-0.15, -0.1) is 0 Å². The largest absolute Gasteiger partial charge is 0.342 e. The molecule has 5 rings (SSSR count). The van der Waals surface area contributed by atoms with Crippen molar-refractivity contribution in [2.45, 2.75) is 50.6 Å². The molecule has 0 atom stereocenters. The van der Waals surface area contributed by atoms with Crippen molar-refractivity contribution in [3.63, 3.8) is 0 Å². The van der Waals surface area contributed by atoms with Crippen LogP contribution in [0.4, 0.5) is 8.78 Å². The molecular weight excluding hydrogens is 540 g/mol. The Hall–Kier alpha value is -3.84. The Morgan fingerprint density at radius 2 is 1.90 bits per heavy atom. The topological polar surface area (TPSA) is 99.3 Å². The molecule has 208 valence electrons. The van der Waals surface area contributed by atoms with Crippen LogP contribution in [-0.4, -0.2) is 57.2 Å². The summed E-state index contributed by atoms with van der Waals surface area (Å²) in [7, 11) is 1.62. The van der Waals surface area contributed by atoms with Gasteiger partial charge < -0.3 is 9.80 Å². The van der Waals surface area contributed by atoms with Gasteiger partial charge in [0.15, 0.2) is 0 Å². The van der Waals surface area contributed by atoms with Crippen LogP contribution in [0.15, 0.2) is 47.5 Å². The summed E-state index contributed by atoms with van der Waals surface area (Å²) in [6.45, 7) is 1.06. The van der Waals surface area contributed by atoms with E-state index in [0.29, 0.717) is 47.4 Å². The zero-order valence-corrected chi connectivity index (χ0v) is 22.7. The second kappa shape index (κ2) is 11.0. The number of likely N-dealkylation sites (N-methyl/N-ethyl adjacent to an activating group) is 1. The number of hydrogen-bond acceptors (Lipinski definition) is 5. The minimum atomic E-state index is -2.72. The number of carbonyl (C=O) groups is 2. The van der Waals surface area contributed by atoms with E-state index >= 15 is 0 Å². The molecule has 0 radical (unpaired) electrons. The Labute approximate surface area is 234 Å². The first-order valence-corrected chi connectivity index (χ1v) is 13.5. The Bertz CT molecular complexity index is 1570. The molecule has 1 aromatic heterocycles. The lowest BCUT2D eigenvalue weighted by Gasteiger charge is -2.39. The van der Waals surface area contributed by atoms with Gasteiger partial charge in [0.25, 0.3) is 5.56 Å². The molecule has 0 unspecified atom stereocenters. The molecule has 40 heavy (non-hydrogen) atoms. The highest BCUT2D eigenvalue weighted by Gasteiger charge is 2.50. The van der Waals surface area contributed by atoms with Gasteiger partial charge in [-0.25, -0.2) is 13.8 Å². The number of piperidine rings is 1. The Balaban J connectivity index is 1.24. The van der Waals surface area contributed by atoms with Crippen LogP contribution in [0.25, 0.3) is 10.9 Å². The van der Waals surface area contributed by atoms with Crippen LogP contribution >= 0.6 is 11.6 Å². The standard InChI is InChI=1S/C29H28ClF2N5O3/c1-35(15-18-2-3-21(14-33)24(30)10-18)26(38)16-37-17-34-25-5-4-20(11-23(25)28(37)40)19-6-8-36(9-7-19)27(39)22-12-29(31,32)13-22/h2-5,10-11,17,19,22H,6-9,12-13,15-16H2,1H3. The maximum absolute atomic E-state index is 13.3. The molecule has 0 spiro atoms. The summed E-state index contributed by atoms with van der Waals surface area (Å²) in [5.74, 6) is -3.66. The van der Waals surface area contributed by atoms with Crippen LogP contribution in [0.2, 0.25) is 5.02 Å². The summed E-state index contributed by atoms with van der Waals surface area (Å²) in [5.41, 5.74) is 2.26. The lowest BCUT2D eigenvalue weighted by molar-refractivity contribution is -0.160. The number of benzene rings is 2. The summed E-state index contributed by atoms with van der Waals surface area (Å²) >= 11 is 6.10. The third kappa shape index (κ3) is 5.70. The van der Waals surface area contributed by atoms with E-state index in [-0.39, 0.29) is 49.2 Å². The fraction of sp³-hybridized carbons (Fsp3) is 0.414. The van der Waals surface area contributed by atoms with Gasteiger partial charge >= 0.3 is 0 Å². The highest BCUT2D eigenvalue weighted by molar-refractivity contribution is 6.31. The van der Waals surface area contributed by atoms with Crippen molar-refractivity contribution in [2.75, 3.05) is 20.1 Å². The number of carbonyl (C=O) groups excluding carboxylic acids is 2. The SMILES string of the molecule is CN(Cc1ccc(C#N)c(Cl)c1)C(=O)Cn1cnc2ccc(C3CCN(C(=O)C4CC(F)(F)C4)CC3)cc2c1=O. The molecule has 2 amide bonds. The van der Waals surface area contributed by atoms with Crippen LogP contribution in [0.5, 0.6) is 0 Å². The maximum atomic E-state index is 13.3. The number of fused-ring (bicyclic) bond motifs is 1. The van der Waals surface area contributed by atoms with E-state index in [4.69, 9.17) is 16.9 Å². The van der Waals surface area contributed by atoms with E-state index in [9.17, 15) is 23.2 Å². The van der Waals surface area contributed by atoms with Gasteiger partial charge in [0.05, 0.1) is 27.8 Å². The lowest BCUT2D eigenvalue weighted by Crippen LogP contribution is -2.48. The minimum Gasteiger partial charge on any atom is -0.342 e. The summed E-state index contributed by atoms with van der Waals surface area (Å²) in [6, 6.07) is 12.5. The molecule has 1 aliphatic carbocycles. The normalized spacial score (nSPS) is 17.3. The summed E-state index contributed by atoms with van der Waals surface area (Å²) < 4.78 is 27.7. The second-order valence-electron chi connectivity index (χ2n) is 10.7. The molecule has 11 heteroatoms. The van der Waals surface area contributed by atoms with Crippen molar-refractivity contribution in [3.8, 4) is 6.07 Å². The van der Waals surface area contributed by atoms with Gasteiger partial charge in [0.2, 0.25) is 17.7 Å². The van der Waals surface area contributed by atoms with Gasteiger partial charge in [0.1, 0.15) is 12.6 Å². The number of nitriles is 1. The predicted molar refractivity (Wildman–Crippen MR) is 145 cm³/mol. The second-order valence-corrected chi connectivity index (χ2v) is 11.1. The van der Waals surface area contributed by atoms with Crippen LogP contribution in [0.1, 0.15) is 48.3 Å². The van der Waals surface area contributed by atoms with Crippen LogP contribution < -0.4 is 5.56 Å². The summed E-state index contributed by atoms with van der Waals surface area (Å²) in [6.07, 6.45) is 1.99. The number of nitrogens with zero attached hydrogens (tertiary/aromatic N) is 5. The molecule has 3 aromatic rings. The van der Waals surface area contributed by atoms with Crippen LogP contribution in [0, 0.1) is 17.2 Å². The molecule has 0 N–H and O–H groups in total. The number of halogens is 3. The molecule has 2 fully saturated rings. The Morgan fingerprint density at radius 3 is 2.55 bits per heavy atom. The fourth-order valence-electron chi connectivity index (χ4n) is 5.45. The molecule has 0 bridgehead atoms. The lowest BCUT2D eigenvalue weighted by atomic mass is 9.79. The van der Waals surface area contributed by atoms with E-state index in [1.165, 1.54) is 15.8 Å². The van der Waals surface area contributed by atoms with Crippen LogP contribution in [0.3, 0.4) is 0 Å². The molecule has 1 saturated carbocycles. The first-order valence-electron chi connectivity index (χ1n) is 13.1. The average Bonchev–Trinajstić information content (AvgIpc) is 2.93. The number of aromatic nitrogens is 2. The quantitative estimate of drug-likeness (QED) is 0.441. The molecule has 2 aromatic carbocycles. The Kier molecular flexibility index (Phi) is 7.60. The first kappa shape index (κ1) is 27.7. The molecule has 2 aliphatic rings. The fourth-order valence-corrected chi connectivity index (χ4v) is 5.69. The molecule has 1 saturated heterocycles. The smallest absolute Gasteiger partial charge is 0.261 e. The monoisotopic (exact) mass is 567 g/mol. The highest BCUT2D eigenvalue weighted by Crippen LogP contribution is 2.43. The van der Waals surface area contributed by atoms with Crippen LogP contribution in [-0.2, 0) is 22.7 Å². The van der Waals surface area contributed by atoms with Gasteiger partial charge in [-0.05, 0) is 54.2 Å². The number of alkyl halides is 2. The van der Waals surface area contributed by atoms with E-state index in [1.807, 2.05) is 18.2 Å². The number of hydrogen-bond donors (Lipinski definition) is 0. The van der Waals surface area contributed by atoms with E-state index in [1.54, 1.807) is 36.2 Å². The first-order chi connectivity index (χ1) is 19.0. The molecule has 8 nitrogen and oxygen atoms in total. The predicted octanol–water partition coefficient (Wildman–Crippen LogP) is 4.33. The van der Waals surface area contributed by atoms with Crippen molar-refractivity contribution in [1.29, 1.82) is 5.26 Å². The van der Waals surface area contributed by atoms with Gasteiger partial charge in [0, 0.05) is 45.4 Å². The zero-order valence-electron chi connectivity index (χ0n) is 21.9. The Morgan fingerprint density at radius 1 is 1.18 bits per heavy atom. The van der Waals surface area contributed by atoms with Gasteiger partial charge in [-0.1, -0.05) is 23.7 Å². The zero-order chi connectivity index (χ0) is 28.6. The van der Waals surface area contributed by atoms with Crippen molar-refractivity contribution in [2.24, 2.45) is 5.92 Å². The van der Waals surface area contributed by atoms with Crippen molar-refractivity contribution in [3.05, 3.63) is 74.8 Å². The van der Waals surface area contributed by atoms with E-state index in [2.05, 4.69) is 4.98 Å². The molecular formula is C29H28ClF2N5O3. The number of amides is 2.